The normalized spacial score (nSPS) is 10.8. The number of hydrogen-bond acceptors (Lipinski definition) is 4. The van der Waals surface area contributed by atoms with Gasteiger partial charge in [0.05, 0.1) is 14.2 Å². The van der Waals surface area contributed by atoms with E-state index in [2.05, 4.69) is 13.8 Å². The maximum Gasteiger partial charge on any atom is 0.122 e. The second kappa shape index (κ2) is 10.1. The van der Waals surface area contributed by atoms with Gasteiger partial charge in [-0.25, -0.2) is 0 Å². The Balaban J connectivity index is 2.43. The van der Waals surface area contributed by atoms with Crippen molar-refractivity contribution in [3.05, 3.63) is 46.5 Å². The highest BCUT2D eigenvalue weighted by molar-refractivity contribution is 5.53. The zero-order chi connectivity index (χ0) is 19.8. The summed E-state index contributed by atoms with van der Waals surface area (Å²) in [6.07, 6.45) is 6.16. The smallest absolute Gasteiger partial charge is 0.122 e. The number of unbranched alkanes of at least 4 members (excludes halogenated alkanes) is 2. The number of methoxy groups -OCH3 is 2. The van der Waals surface area contributed by atoms with Crippen LogP contribution >= 0.6 is 0 Å². The Kier molecular flexibility index (Phi) is 7.83. The van der Waals surface area contributed by atoms with E-state index in [-0.39, 0.29) is 0 Å². The van der Waals surface area contributed by atoms with Crippen LogP contribution in [0, 0.1) is 0 Å². The molecule has 0 amide bonds. The number of rotatable bonds is 10. The van der Waals surface area contributed by atoms with Crippen molar-refractivity contribution in [3.8, 4) is 23.0 Å². The van der Waals surface area contributed by atoms with Crippen molar-refractivity contribution < 1.29 is 19.7 Å². The van der Waals surface area contributed by atoms with Crippen LogP contribution in [0.2, 0.25) is 0 Å². The third-order valence-electron chi connectivity index (χ3n) is 4.93. The molecule has 0 aliphatic rings. The van der Waals surface area contributed by atoms with E-state index in [0.717, 1.165) is 72.3 Å². The quantitative estimate of drug-likeness (QED) is 0.587. The fourth-order valence-electron chi connectivity index (χ4n) is 3.28. The van der Waals surface area contributed by atoms with E-state index in [9.17, 15) is 10.2 Å². The highest BCUT2D eigenvalue weighted by Crippen LogP contribution is 2.36. The molecule has 0 saturated heterocycles. The maximum atomic E-state index is 10.8. The summed E-state index contributed by atoms with van der Waals surface area (Å²) >= 11 is 0. The molecule has 27 heavy (non-hydrogen) atoms. The van der Waals surface area contributed by atoms with E-state index in [1.165, 1.54) is 0 Å². The second-order valence-corrected chi connectivity index (χ2v) is 6.97. The number of benzene rings is 2. The van der Waals surface area contributed by atoms with Crippen molar-refractivity contribution >= 4 is 0 Å². The van der Waals surface area contributed by atoms with E-state index in [4.69, 9.17) is 9.47 Å². The van der Waals surface area contributed by atoms with Gasteiger partial charge in [0.15, 0.2) is 0 Å². The van der Waals surface area contributed by atoms with Crippen molar-refractivity contribution in [2.75, 3.05) is 14.2 Å². The molecule has 0 heterocycles. The molecule has 2 rings (SSSR count). The highest BCUT2D eigenvalue weighted by atomic mass is 16.5. The first-order chi connectivity index (χ1) is 13.0. The molecule has 0 radical (unpaired) electrons. The summed E-state index contributed by atoms with van der Waals surface area (Å²) in [7, 11) is 3.26. The highest BCUT2D eigenvalue weighted by Gasteiger charge is 2.16. The Bertz CT molecular complexity index is 689. The average Bonchev–Trinajstić information content (AvgIpc) is 2.68. The number of phenolic OH excluding ortho intramolecular Hbond substituents is 2. The van der Waals surface area contributed by atoms with Crippen LogP contribution in [0.15, 0.2) is 24.3 Å². The number of phenols is 2. The number of hydrogen-bond donors (Lipinski definition) is 2. The molecule has 0 spiro atoms. The van der Waals surface area contributed by atoms with Crippen molar-refractivity contribution in [3.63, 3.8) is 0 Å². The molecule has 0 atom stereocenters. The van der Waals surface area contributed by atoms with Gasteiger partial charge in [-0.2, -0.15) is 0 Å². The van der Waals surface area contributed by atoms with Crippen LogP contribution in [0.5, 0.6) is 23.0 Å². The average molecular weight is 373 g/mol. The second-order valence-electron chi connectivity index (χ2n) is 6.97. The predicted molar refractivity (Wildman–Crippen MR) is 109 cm³/mol. The van der Waals surface area contributed by atoms with E-state index >= 15 is 0 Å². The molecule has 4 heteroatoms. The first-order valence-corrected chi connectivity index (χ1v) is 9.81. The fraction of sp³-hybridized carbons (Fsp3) is 0.478. The Morgan fingerprint density at radius 3 is 1.37 bits per heavy atom. The van der Waals surface area contributed by atoms with Gasteiger partial charge in [-0.05, 0) is 61.1 Å². The fourth-order valence-corrected chi connectivity index (χ4v) is 3.28. The number of ether oxygens (including phenoxy) is 2. The zero-order valence-corrected chi connectivity index (χ0v) is 17.0. The van der Waals surface area contributed by atoms with Crippen molar-refractivity contribution in [1.29, 1.82) is 0 Å². The molecule has 0 fully saturated rings. The Morgan fingerprint density at radius 2 is 1.04 bits per heavy atom. The lowest BCUT2D eigenvalue weighted by Crippen LogP contribution is -1.99. The van der Waals surface area contributed by atoms with Crippen LogP contribution in [0.1, 0.15) is 61.8 Å². The van der Waals surface area contributed by atoms with Gasteiger partial charge in [0.1, 0.15) is 23.0 Å². The summed E-state index contributed by atoms with van der Waals surface area (Å²) in [6, 6.07) is 7.48. The van der Waals surface area contributed by atoms with E-state index in [1.54, 1.807) is 14.2 Å². The van der Waals surface area contributed by atoms with Crippen molar-refractivity contribution in [1.82, 2.24) is 0 Å². The molecule has 0 aliphatic carbocycles. The van der Waals surface area contributed by atoms with Gasteiger partial charge >= 0.3 is 0 Å². The van der Waals surface area contributed by atoms with Crippen LogP contribution < -0.4 is 9.47 Å². The van der Waals surface area contributed by atoms with Crippen molar-refractivity contribution in [2.24, 2.45) is 0 Å². The monoisotopic (exact) mass is 372 g/mol. The first-order valence-electron chi connectivity index (χ1n) is 9.81. The van der Waals surface area contributed by atoms with Crippen LogP contribution in [0.25, 0.3) is 0 Å². The predicted octanol–water partition coefficient (Wildman–Crippen LogP) is 5.39. The standard InChI is InChI=1S/C23H32O4/c1-5-7-9-16-12-20(26-3)14-18(22(16)24)11-19-15-21(27-4)13-17(23(19)25)10-8-6-2/h12-15,24-25H,5-11H2,1-4H3. The minimum absolute atomic E-state index is 0.293. The van der Waals surface area contributed by atoms with E-state index in [1.807, 2.05) is 24.3 Å². The summed E-state index contributed by atoms with van der Waals surface area (Å²) < 4.78 is 10.8. The third kappa shape index (κ3) is 5.31. The van der Waals surface area contributed by atoms with Gasteiger partial charge < -0.3 is 19.7 Å². The van der Waals surface area contributed by atoms with Gasteiger partial charge in [0, 0.05) is 17.5 Å². The topological polar surface area (TPSA) is 58.9 Å². The van der Waals surface area contributed by atoms with Gasteiger partial charge in [-0.15, -0.1) is 0 Å². The molecule has 2 aromatic rings. The molecule has 2 N–H and O–H groups in total. The van der Waals surface area contributed by atoms with E-state index < -0.39 is 0 Å². The minimum atomic E-state index is 0.293. The molecule has 2 aromatic carbocycles. The molecule has 0 aliphatic heterocycles. The van der Waals surface area contributed by atoms with Crippen LogP contribution in [-0.2, 0) is 19.3 Å². The molecule has 0 unspecified atom stereocenters. The first kappa shape index (κ1) is 20.9. The minimum Gasteiger partial charge on any atom is -0.507 e. The SMILES string of the molecule is CCCCc1cc(OC)cc(Cc2cc(OC)cc(CCCC)c2O)c1O. The molecule has 0 bridgehead atoms. The molecule has 4 nitrogen and oxygen atoms in total. The lowest BCUT2D eigenvalue weighted by molar-refractivity contribution is 0.407. The molecule has 148 valence electrons. The lowest BCUT2D eigenvalue weighted by Gasteiger charge is -2.16. The maximum absolute atomic E-state index is 10.8. The van der Waals surface area contributed by atoms with Crippen molar-refractivity contribution in [2.45, 2.75) is 58.8 Å². The largest absolute Gasteiger partial charge is 0.507 e. The summed E-state index contributed by atoms with van der Waals surface area (Å²) in [5, 5.41) is 21.5. The zero-order valence-electron chi connectivity index (χ0n) is 17.0. The van der Waals surface area contributed by atoms with Gasteiger partial charge in [-0.1, -0.05) is 26.7 Å². The summed E-state index contributed by atoms with van der Waals surface area (Å²) in [5.74, 6) is 2.04. The Morgan fingerprint density at radius 1 is 0.667 bits per heavy atom. The van der Waals surface area contributed by atoms with Gasteiger partial charge in [0.25, 0.3) is 0 Å². The van der Waals surface area contributed by atoms with Gasteiger partial charge in [0.2, 0.25) is 0 Å². The third-order valence-corrected chi connectivity index (χ3v) is 4.93. The van der Waals surface area contributed by atoms with Crippen LogP contribution in [0.4, 0.5) is 0 Å². The summed E-state index contributed by atoms with van der Waals surface area (Å²) in [5.41, 5.74) is 3.29. The van der Waals surface area contributed by atoms with E-state index in [0.29, 0.717) is 17.9 Å². The number of aromatic hydroxyl groups is 2. The Labute approximate surface area is 162 Å². The molecular weight excluding hydrogens is 340 g/mol. The van der Waals surface area contributed by atoms with Crippen LogP contribution in [0.3, 0.4) is 0 Å². The lowest BCUT2D eigenvalue weighted by atomic mass is 9.95. The Hall–Kier alpha value is -2.36. The van der Waals surface area contributed by atoms with Gasteiger partial charge in [-0.3, -0.25) is 0 Å². The van der Waals surface area contributed by atoms with Crippen LogP contribution in [-0.4, -0.2) is 24.4 Å². The molecular formula is C23H32O4. The molecule has 0 saturated carbocycles. The number of aryl methyl sites for hydroxylation is 2. The molecule has 0 aromatic heterocycles. The summed E-state index contributed by atoms with van der Waals surface area (Å²) in [4.78, 5) is 0. The summed E-state index contributed by atoms with van der Waals surface area (Å²) in [6.45, 7) is 4.26.